The molecule has 0 fully saturated rings. The van der Waals surface area contributed by atoms with Gasteiger partial charge in [0.1, 0.15) is 6.04 Å². The van der Waals surface area contributed by atoms with E-state index >= 15 is 0 Å². The summed E-state index contributed by atoms with van der Waals surface area (Å²) in [5.74, 6) is -2.32. The van der Waals surface area contributed by atoms with Crippen molar-refractivity contribution in [1.82, 2.24) is 10.3 Å². The second kappa shape index (κ2) is 7.07. The fraction of sp³-hybridized carbons (Fsp3) is 0.167. The van der Waals surface area contributed by atoms with Crippen molar-refractivity contribution in [1.29, 1.82) is 0 Å². The quantitative estimate of drug-likeness (QED) is 0.529. The van der Waals surface area contributed by atoms with Crippen LogP contribution in [0.3, 0.4) is 0 Å². The molecule has 110 valence electrons. The summed E-state index contributed by atoms with van der Waals surface area (Å²) in [6, 6.07) is 1.94. The first-order valence-corrected chi connectivity index (χ1v) is 7.57. The van der Waals surface area contributed by atoms with Gasteiger partial charge < -0.3 is 15.7 Å². The van der Waals surface area contributed by atoms with Gasteiger partial charge in [-0.1, -0.05) is 6.07 Å². The minimum absolute atomic E-state index is 0.268. The van der Waals surface area contributed by atoms with E-state index in [1.165, 1.54) is 23.6 Å². The van der Waals surface area contributed by atoms with Crippen molar-refractivity contribution in [3.63, 3.8) is 0 Å². The van der Waals surface area contributed by atoms with Crippen LogP contribution in [0.4, 0.5) is 5.13 Å². The molecule has 0 saturated heterocycles. The second-order valence-corrected chi connectivity index (χ2v) is 5.68. The SMILES string of the molecule is O=C(NC(CO)C(=O)Nc1nccs1)C(=O)c1cccs1. The summed E-state index contributed by atoms with van der Waals surface area (Å²) in [5.41, 5.74) is 0. The Kier molecular flexibility index (Phi) is 5.14. The van der Waals surface area contributed by atoms with Gasteiger partial charge in [-0.25, -0.2) is 4.98 Å². The minimum Gasteiger partial charge on any atom is -0.394 e. The molecule has 2 rings (SSSR count). The molecule has 3 N–H and O–H groups in total. The lowest BCUT2D eigenvalue weighted by Gasteiger charge is -2.14. The summed E-state index contributed by atoms with van der Waals surface area (Å²) in [6.07, 6.45) is 1.51. The molecule has 7 nitrogen and oxygen atoms in total. The number of aromatic nitrogens is 1. The van der Waals surface area contributed by atoms with Gasteiger partial charge in [-0.3, -0.25) is 14.4 Å². The van der Waals surface area contributed by atoms with Gasteiger partial charge in [-0.15, -0.1) is 22.7 Å². The number of hydrogen-bond donors (Lipinski definition) is 3. The lowest BCUT2D eigenvalue weighted by Crippen LogP contribution is -2.48. The highest BCUT2D eigenvalue weighted by Crippen LogP contribution is 2.11. The Morgan fingerprint density at radius 2 is 2.10 bits per heavy atom. The largest absolute Gasteiger partial charge is 0.394 e. The molecule has 0 aromatic carbocycles. The minimum atomic E-state index is -1.22. The number of ketones is 1. The molecule has 2 amide bonds. The molecular weight excluding hydrogens is 314 g/mol. The van der Waals surface area contributed by atoms with E-state index in [0.717, 1.165) is 11.3 Å². The fourth-order valence-corrected chi connectivity index (χ4v) is 2.61. The Morgan fingerprint density at radius 3 is 2.67 bits per heavy atom. The maximum absolute atomic E-state index is 11.9. The molecule has 1 unspecified atom stereocenters. The van der Waals surface area contributed by atoms with E-state index in [0.29, 0.717) is 5.13 Å². The van der Waals surface area contributed by atoms with Crippen molar-refractivity contribution >= 4 is 45.4 Å². The Labute approximate surface area is 127 Å². The number of carbonyl (C=O) groups excluding carboxylic acids is 3. The average Bonchev–Trinajstić information content (AvgIpc) is 3.16. The van der Waals surface area contributed by atoms with Crippen LogP contribution in [0.25, 0.3) is 0 Å². The van der Waals surface area contributed by atoms with E-state index in [-0.39, 0.29) is 4.88 Å². The van der Waals surface area contributed by atoms with Gasteiger partial charge in [0.05, 0.1) is 11.5 Å². The monoisotopic (exact) mass is 325 g/mol. The van der Waals surface area contributed by atoms with E-state index in [1.807, 2.05) is 0 Å². The zero-order valence-corrected chi connectivity index (χ0v) is 12.2. The molecule has 2 aromatic heterocycles. The van der Waals surface area contributed by atoms with Gasteiger partial charge in [0, 0.05) is 11.6 Å². The van der Waals surface area contributed by atoms with Crippen LogP contribution in [0, 0.1) is 0 Å². The number of thiazole rings is 1. The van der Waals surface area contributed by atoms with Crippen molar-refractivity contribution in [2.45, 2.75) is 6.04 Å². The Morgan fingerprint density at radius 1 is 1.29 bits per heavy atom. The van der Waals surface area contributed by atoms with E-state index < -0.39 is 30.2 Å². The first-order valence-electron chi connectivity index (χ1n) is 5.81. The summed E-state index contributed by atoms with van der Waals surface area (Å²) >= 11 is 2.32. The molecule has 0 spiro atoms. The van der Waals surface area contributed by atoms with Gasteiger partial charge in [0.25, 0.3) is 17.6 Å². The smallest absolute Gasteiger partial charge is 0.293 e. The van der Waals surface area contributed by atoms with Crippen LogP contribution in [0.2, 0.25) is 0 Å². The highest BCUT2D eigenvalue weighted by atomic mass is 32.1. The number of nitrogens with zero attached hydrogens (tertiary/aromatic N) is 1. The summed E-state index contributed by atoms with van der Waals surface area (Å²) in [7, 11) is 0. The van der Waals surface area contributed by atoms with Gasteiger partial charge in [-0.2, -0.15) is 0 Å². The molecule has 0 aliphatic heterocycles. The summed E-state index contributed by atoms with van der Waals surface area (Å²) < 4.78 is 0. The van der Waals surface area contributed by atoms with Gasteiger partial charge in [0.15, 0.2) is 5.13 Å². The lowest BCUT2D eigenvalue weighted by atomic mass is 10.2. The number of rotatable bonds is 6. The number of thiophene rings is 1. The van der Waals surface area contributed by atoms with Crippen LogP contribution in [0.5, 0.6) is 0 Å². The third kappa shape index (κ3) is 3.94. The average molecular weight is 325 g/mol. The fourth-order valence-electron chi connectivity index (χ4n) is 1.42. The number of aliphatic hydroxyl groups is 1. The Bertz CT molecular complexity index is 625. The molecule has 1 atom stereocenters. The molecule has 0 aliphatic rings. The topological polar surface area (TPSA) is 108 Å². The van der Waals surface area contributed by atoms with E-state index in [9.17, 15) is 19.5 Å². The predicted molar refractivity (Wildman–Crippen MR) is 78.4 cm³/mol. The number of aliphatic hydroxyl groups excluding tert-OH is 1. The van der Waals surface area contributed by atoms with Crippen LogP contribution < -0.4 is 10.6 Å². The van der Waals surface area contributed by atoms with Crippen LogP contribution >= 0.6 is 22.7 Å². The molecule has 9 heteroatoms. The molecule has 2 aromatic rings. The number of anilines is 1. The van der Waals surface area contributed by atoms with Crippen molar-refractivity contribution in [3.8, 4) is 0 Å². The van der Waals surface area contributed by atoms with Crippen molar-refractivity contribution < 1.29 is 19.5 Å². The van der Waals surface area contributed by atoms with Crippen molar-refractivity contribution in [2.75, 3.05) is 11.9 Å². The third-order valence-corrected chi connectivity index (χ3v) is 3.98. The highest BCUT2D eigenvalue weighted by Gasteiger charge is 2.25. The van der Waals surface area contributed by atoms with E-state index in [2.05, 4.69) is 15.6 Å². The zero-order chi connectivity index (χ0) is 15.2. The number of hydrogen-bond acceptors (Lipinski definition) is 7. The number of amides is 2. The lowest BCUT2D eigenvalue weighted by molar-refractivity contribution is -0.124. The Balaban J connectivity index is 1.96. The third-order valence-electron chi connectivity index (χ3n) is 2.42. The normalized spacial score (nSPS) is 11.7. The predicted octanol–water partition coefficient (Wildman–Crippen LogP) is 0.503. The molecule has 2 heterocycles. The van der Waals surface area contributed by atoms with Crippen LogP contribution in [0.15, 0.2) is 29.1 Å². The summed E-state index contributed by atoms with van der Waals surface area (Å²) in [5, 5.41) is 17.5. The van der Waals surface area contributed by atoms with Crippen molar-refractivity contribution in [2.24, 2.45) is 0 Å². The summed E-state index contributed by atoms with van der Waals surface area (Å²) in [4.78, 5) is 39.5. The standard InChI is InChI=1S/C12H11N3O4S2/c16-6-7(10(18)15-12-13-3-5-21-12)14-11(19)9(17)8-2-1-4-20-8/h1-5,7,16H,6H2,(H,14,19)(H,13,15,18). The Hall–Kier alpha value is -2.10. The second-order valence-electron chi connectivity index (χ2n) is 3.84. The molecule has 21 heavy (non-hydrogen) atoms. The first-order chi connectivity index (χ1) is 10.1. The molecule has 0 bridgehead atoms. The molecular formula is C12H11N3O4S2. The number of carbonyl (C=O) groups is 3. The molecule has 0 saturated carbocycles. The molecule has 0 aliphatic carbocycles. The van der Waals surface area contributed by atoms with Gasteiger partial charge >= 0.3 is 0 Å². The van der Waals surface area contributed by atoms with E-state index in [4.69, 9.17) is 0 Å². The maximum Gasteiger partial charge on any atom is 0.293 e. The van der Waals surface area contributed by atoms with Crippen LogP contribution in [-0.4, -0.2) is 40.3 Å². The summed E-state index contributed by atoms with van der Waals surface area (Å²) in [6.45, 7) is -0.624. The van der Waals surface area contributed by atoms with Crippen LogP contribution in [0.1, 0.15) is 9.67 Å². The van der Waals surface area contributed by atoms with Crippen molar-refractivity contribution in [3.05, 3.63) is 34.0 Å². The number of nitrogens with one attached hydrogen (secondary N) is 2. The highest BCUT2D eigenvalue weighted by molar-refractivity contribution is 7.13. The first kappa shape index (κ1) is 15.3. The number of Topliss-reactive ketones (excluding diaryl/α,β-unsaturated/α-hetero) is 1. The maximum atomic E-state index is 11.9. The van der Waals surface area contributed by atoms with Gasteiger partial charge in [-0.05, 0) is 11.4 Å². The van der Waals surface area contributed by atoms with E-state index in [1.54, 1.807) is 16.8 Å². The molecule has 0 radical (unpaired) electrons. The van der Waals surface area contributed by atoms with Gasteiger partial charge in [0.2, 0.25) is 0 Å². The van der Waals surface area contributed by atoms with Crippen LogP contribution in [-0.2, 0) is 9.59 Å². The zero-order valence-electron chi connectivity index (χ0n) is 10.6.